The normalized spacial score (nSPS) is 21.8. The highest BCUT2D eigenvalue weighted by Gasteiger charge is 2.19. The van der Waals surface area contributed by atoms with Crippen LogP contribution in [0.4, 0.5) is 0 Å². The predicted octanol–water partition coefficient (Wildman–Crippen LogP) is 2.82. The molecule has 0 spiro atoms. The van der Waals surface area contributed by atoms with E-state index in [1.165, 1.54) is 25.7 Å². The maximum Gasteiger partial charge on any atom is 0.219 e. The second-order valence-corrected chi connectivity index (χ2v) is 3.76. The van der Waals surface area contributed by atoms with Crippen LogP contribution in [0, 0.1) is 0 Å². The summed E-state index contributed by atoms with van der Waals surface area (Å²) in [4.78, 5) is 12.9. The summed E-state index contributed by atoms with van der Waals surface area (Å²) in [6.07, 6.45) is 4.90. The van der Waals surface area contributed by atoms with Crippen LogP contribution in [-0.2, 0) is 4.79 Å². The summed E-state index contributed by atoms with van der Waals surface area (Å²) in [5.41, 5.74) is 0. The minimum Gasteiger partial charge on any atom is -0.340 e. The molecule has 0 aromatic heterocycles. The smallest absolute Gasteiger partial charge is 0.219 e. The fraction of sp³-hybridized carbons (Fsp3) is 0.909. The summed E-state index contributed by atoms with van der Waals surface area (Å²) in [5.74, 6) is 0.229. The van der Waals surface area contributed by atoms with Gasteiger partial charge in [0.2, 0.25) is 5.91 Å². The Morgan fingerprint density at radius 2 is 1.92 bits per heavy atom. The molecular weight excluding hydrogens is 162 g/mol. The molecule has 0 saturated carbocycles. The average Bonchev–Trinajstić information content (AvgIpc) is 2.06. The van der Waals surface area contributed by atoms with E-state index in [1.807, 2.05) is 4.90 Å². The Balaban J connectivity index is 0.000000424. The fourth-order valence-electron chi connectivity index (χ4n) is 1.57. The van der Waals surface area contributed by atoms with Gasteiger partial charge in [0.25, 0.3) is 0 Å². The number of hydrogen-bond acceptors (Lipinski definition) is 1. The SMILES string of the molecule is CC(=O)N1CCCCC1C.CCC. The van der Waals surface area contributed by atoms with Crippen LogP contribution in [0.1, 0.15) is 53.4 Å². The lowest BCUT2D eigenvalue weighted by molar-refractivity contribution is -0.131. The molecular formula is C11H23NO. The summed E-state index contributed by atoms with van der Waals surface area (Å²) in [6.45, 7) is 9.00. The molecule has 1 amide bonds. The molecule has 1 atom stereocenters. The first-order valence-corrected chi connectivity index (χ1v) is 5.40. The lowest BCUT2D eigenvalue weighted by atomic mass is 10.0. The third-order valence-electron chi connectivity index (χ3n) is 2.21. The van der Waals surface area contributed by atoms with E-state index in [4.69, 9.17) is 0 Å². The summed E-state index contributed by atoms with van der Waals surface area (Å²) in [5, 5.41) is 0. The van der Waals surface area contributed by atoms with Crippen LogP contribution in [-0.4, -0.2) is 23.4 Å². The van der Waals surface area contributed by atoms with Crippen molar-refractivity contribution in [2.24, 2.45) is 0 Å². The van der Waals surface area contributed by atoms with Crippen molar-refractivity contribution in [3.63, 3.8) is 0 Å². The van der Waals surface area contributed by atoms with Crippen molar-refractivity contribution in [3.8, 4) is 0 Å². The first kappa shape index (κ1) is 12.5. The quantitative estimate of drug-likeness (QED) is 0.568. The molecule has 1 aliphatic rings. The van der Waals surface area contributed by atoms with Gasteiger partial charge in [-0.3, -0.25) is 4.79 Å². The van der Waals surface area contributed by atoms with Gasteiger partial charge in [0, 0.05) is 19.5 Å². The minimum absolute atomic E-state index is 0.229. The van der Waals surface area contributed by atoms with Crippen LogP contribution in [0.5, 0.6) is 0 Å². The van der Waals surface area contributed by atoms with Crippen LogP contribution in [0.3, 0.4) is 0 Å². The molecule has 0 bridgehead atoms. The molecule has 0 aliphatic carbocycles. The molecule has 1 unspecified atom stereocenters. The van der Waals surface area contributed by atoms with Crippen LogP contribution >= 0.6 is 0 Å². The van der Waals surface area contributed by atoms with Crippen LogP contribution in [0.2, 0.25) is 0 Å². The van der Waals surface area contributed by atoms with Crippen molar-refractivity contribution in [3.05, 3.63) is 0 Å². The summed E-state index contributed by atoms with van der Waals surface area (Å²) >= 11 is 0. The Hall–Kier alpha value is -0.530. The van der Waals surface area contributed by atoms with Crippen molar-refractivity contribution in [2.45, 2.75) is 59.4 Å². The minimum atomic E-state index is 0.229. The monoisotopic (exact) mass is 185 g/mol. The van der Waals surface area contributed by atoms with E-state index in [0.717, 1.165) is 6.54 Å². The molecule has 2 nitrogen and oxygen atoms in total. The predicted molar refractivity (Wildman–Crippen MR) is 56.7 cm³/mol. The first-order chi connectivity index (χ1) is 6.13. The number of carbonyl (C=O) groups is 1. The Morgan fingerprint density at radius 1 is 1.38 bits per heavy atom. The Morgan fingerprint density at radius 3 is 2.23 bits per heavy atom. The lowest BCUT2D eigenvalue weighted by Crippen LogP contribution is -2.40. The van der Waals surface area contributed by atoms with Crippen molar-refractivity contribution in [2.75, 3.05) is 6.54 Å². The van der Waals surface area contributed by atoms with Gasteiger partial charge >= 0.3 is 0 Å². The van der Waals surface area contributed by atoms with Gasteiger partial charge in [0.05, 0.1) is 0 Å². The zero-order chi connectivity index (χ0) is 10.3. The van der Waals surface area contributed by atoms with Crippen molar-refractivity contribution in [1.82, 2.24) is 4.90 Å². The van der Waals surface area contributed by atoms with E-state index >= 15 is 0 Å². The van der Waals surface area contributed by atoms with Gasteiger partial charge in [-0.2, -0.15) is 0 Å². The van der Waals surface area contributed by atoms with E-state index in [-0.39, 0.29) is 5.91 Å². The first-order valence-electron chi connectivity index (χ1n) is 5.40. The van der Waals surface area contributed by atoms with Gasteiger partial charge in [-0.15, -0.1) is 0 Å². The molecule has 0 radical (unpaired) electrons. The average molecular weight is 185 g/mol. The summed E-state index contributed by atoms with van der Waals surface area (Å²) < 4.78 is 0. The highest BCUT2D eigenvalue weighted by atomic mass is 16.2. The molecule has 1 saturated heterocycles. The van der Waals surface area contributed by atoms with E-state index in [2.05, 4.69) is 20.8 Å². The third-order valence-corrected chi connectivity index (χ3v) is 2.21. The molecule has 78 valence electrons. The van der Waals surface area contributed by atoms with Crippen molar-refractivity contribution >= 4 is 5.91 Å². The number of amides is 1. The second kappa shape index (κ2) is 6.93. The molecule has 1 aliphatic heterocycles. The standard InChI is InChI=1S/C8H15NO.C3H8/c1-7-5-3-4-6-9(7)8(2)10;1-3-2/h7H,3-6H2,1-2H3;3H2,1-2H3. The van der Waals surface area contributed by atoms with Gasteiger partial charge in [-0.25, -0.2) is 0 Å². The van der Waals surface area contributed by atoms with Gasteiger partial charge in [0.15, 0.2) is 0 Å². The topological polar surface area (TPSA) is 20.3 Å². The maximum atomic E-state index is 10.9. The highest BCUT2D eigenvalue weighted by molar-refractivity contribution is 5.73. The molecule has 1 fully saturated rings. The summed E-state index contributed by atoms with van der Waals surface area (Å²) in [6, 6.07) is 0.478. The van der Waals surface area contributed by atoms with E-state index in [1.54, 1.807) is 6.92 Å². The van der Waals surface area contributed by atoms with Crippen molar-refractivity contribution < 1.29 is 4.79 Å². The Labute approximate surface area is 82.3 Å². The van der Waals surface area contributed by atoms with E-state index in [9.17, 15) is 4.79 Å². The number of carbonyl (C=O) groups excluding carboxylic acids is 1. The maximum absolute atomic E-state index is 10.9. The molecule has 13 heavy (non-hydrogen) atoms. The van der Waals surface area contributed by atoms with Crippen LogP contribution < -0.4 is 0 Å². The second-order valence-electron chi connectivity index (χ2n) is 3.76. The fourth-order valence-corrected chi connectivity index (χ4v) is 1.57. The largest absolute Gasteiger partial charge is 0.340 e. The van der Waals surface area contributed by atoms with Gasteiger partial charge < -0.3 is 4.90 Å². The number of piperidine rings is 1. The Kier molecular flexibility index (Phi) is 6.65. The van der Waals surface area contributed by atoms with Gasteiger partial charge in [-0.1, -0.05) is 20.3 Å². The van der Waals surface area contributed by atoms with Crippen LogP contribution in [0.25, 0.3) is 0 Å². The zero-order valence-electron chi connectivity index (χ0n) is 9.47. The molecule has 0 N–H and O–H groups in total. The zero-order valence-corrected chi connectivity index (χ0v) is 9.47. The number of nitrogens with zero attached hydrogens (tertiary/aromatic N) is 1. The van der Waals surface area contributed by atoms with Gasteiger partial charge in [-0.05, 0) is 26.2 Å². The molecule has 1 heterocycles. The summed E-state index contributed by atoms with van der Waals surface area (Å²) in [7, 11) is 0. The third kappa shape index (κ3) is 4.91. The molecule has 2 heteroatoms. The molecule has 0 aromatic carbocycles. The number of rotatable bonds is 0. The van der Waals surface area contributed by atoms with Crippen molar-refractivity contribution in [1.29, 1.82) is 0 Å². The number of likely N-dealkylation sites (tertiary alicyclic amines) is 1. The van der Waals surface area contributed by atoms with Crippen LogP contribution in [0.15, 0.2) is 0 Å². The molecule has 1 rings (SSSR count). The lowest BCUT2D eigenvalue weighted by Gasteiger charge is -2.32. The van der Waals surface area contributed by atoms with E-state index < -0.39 is 0 Å². The molecule has 0 aromatic rings. The number of hydrogen-bond donors (Lipinski definition) is 0. The highest BCUT2D eigenvalue weighted by Crippen LogP contribution is 2.15. The van der Waals surface area contributed by atoms with E-state index in [0.29, 0.717) is 6.04 Å². The van der Waals surface area contributed by atoms with Gasteiger partial charge in [0.1, 0.15) is 0 Å². The Bertz CT molecular complexity index is 145.